The van der Waals surface area contributed by atoms with Crippen LogP contribution < -0.4 is 14.8 Å². The monoisotopic (exact) mass is 554 g/mol. The average Bonchev–Trinajstić information content (AvgIpc) is 3.37. The molecule has 0 saturated heterocycles. The number of amides is 1. The molecular weight excluding hydrogens is 532 g/mol. The molecule has 37 heavy (non-hydrogen) atoms. The molecule has 0 fully saturated rings. The van der Waals surface area contributed by atoms with Gasteiger partial charge in [-0.2, -0.15) is 0 Å². The number of aromatic nitrogens is 3. The molecule has 184 valence electrons. The van der Waals surface area contributed by atoms with E-state index in [1.165, 1.54) is 0 Å². The van der Waals surface area contributed by atoms with E-state index in [0.29, 0.717) is 23.9 Å². The number of benzene rings is 4. The van der Waals surface area contributed by atoms with Crippen LogP contribution in [0, 0.1) is 0 Å². The lowest BCUT2D eigenvalue weighted by Crippen LogP contribution is -2.14. The van der Waals surface area contributed by atoms with Gasteiger partial charge in [0.05, 0.1) is 12.3 Å². The highest BCUT2D eigenvalue weighted by Crippen LogP contribution is 2.26. The van der Waals surface area contributed by atoms with Gasteiger partial charge in [-0.05, 0) is 79.7 Å². The van der Waals surface area contributed by atoms with Gasteiger partial charge in [-0.15, -0.1) is 5.10 Å². The smallest absolute Gasteiger partial charge is 0.295 e. The van der Waals surface area contributed by atoms with Crippen molar-refractivity contribution >= 4 is 27.5 Å². The van der Waals surface area contributed by atoms with E-state index in [2.05, 4.69) is 31.3 Å². The van der Waals surface area contributed by atoms with Crippen LogP contribution in [-0.2, 0) is 0 Å². The maximum Gasteiger partial charge on any atom is 0.295 e. The van der Waals surface area contributed by atoms with E-state index in [9.17, 15) is 4.79 Å². The maximum absolute atomic E-state index is 13.1. The number of hydrogen-bond acceptors (Lipinski definition) is 5. The lowest BCUT2D eigenvalue weighted by Gasteiger charge is -2.08. The summed E-state index contributed by atoms with van der Waals surface area (Å²) in [4.78, 5) is 17.7. The maximum atomic E-state index is 13.1. The first-order valence-electron chi connectivity index (χ1n) is 11.7. The molecular formula is C29H23BrN4O3. The Labute approximate surface area is 222 Å². The zero-order chi connectivity index (χ0) is 25.6. The number of para-hydroxylation sites is 1. The quantitative estimate of drug-likeness (QED) is 0.220. The Bertz CT molecular complexity index is 1480. The SMILES string of the molecule is CCOc1ccc(-n2nc(C(=O)Nc3ccc(Oc4ccccc4)cc3)nc2-c2ccc(Br)cc2)cc1. The van der Waals surface area contributed by atoms with Crippen LogP contribution >= 0.6 is 15.9 Å². The number of ether oxygens (including phenoxy) is 2. The highest BCUT2D eigenvalue weighted by molar-refractivity contribution is 9.10. The van der Waals surface area contributed by atoms with Gasteiger partial charge in [0.1, 0.15) is 17.2 Å². The minimum Gasteiger partial charge on any atom is -0.494 e. The number of nitrogens with zero attached hydrogens (tertiary/aromatic N) is 3. The molecule has 1 aromatic heterocycles. The second kappa shape index (κ2) is 11.1. The molecule has 0 aliphatic carbocycles. The van der Waals surface area contributed by atoms with Crippen molar-refractivity contribution in [2.45, 2.75) is 6.92 Å². The molecule has 0 aliphatic heterocycles. The summed E-state index contributed by atoms with van der Waals surface area (Å²) in [6, 6.07) is 31.8. The second-order valence-corrected chi connectivity index (χ2v) is 8.91. The Morgan fingerprint density at radius 1 is 0.838 bits per heavy atom. The fraction of sp³-hybridized carbons (Fsp3) is 0.0690. The topological polar surface area (TPSA) is 78.3 Å². The molecule has 0 spiro atoms. The number of carbonyl (C=O) groups excluding carboxylic acids is 1. The predicted molar refractivity (Wildman–Crippen MR) is 147 cm³/mol. The van der Waals surface area contributed by atoms with Gasteiger partial charge >= 0.3 is 0 Å². The molecule has 4 aromatic carbocycles. The second-order valence-electron chi connectivity index (χ2n) is 8.00. The Morgan fingerprint density at radius 3 is 2.16 bits per heavy atom. The molecule has 1 heterocycles. The molecule has 1 N–H and O–H groups in total. The van der Waals surface area contributed by atoms with Crippen molar-refractivity contribution in [2.75, 3.05) is 11.9 Å². The Balaban J connectivity index is 1.39. The largest absolute Gasteiger partial charge is 0.494 e. The summed E-state index contributed by atoms with van der Waals surface area (Å²) in [7, 11) is 0. The Hall–Kier alpha value is -4.43. The predicted octanol–water partition coefficient (Wildman–Crippen LogP) is 7.14. The van der Waals surface area contributed by atoms with Gasteiger partial charge in [-0.3, -0.25) is 4.79 Å². The molecule has 0 unspecified atom stereocenters. The summed E-state index contributed by atoms with van der Waals surface area (Å²) in [6.45, 7) is 2.52. The van der Waals surface area contributed by atoms with Gasteiger partial charge in [0.2, 0.25) is 5.82 Å². The molecule has 5 rings (SSSR count). The van der Waals surface area contributed by atoms with Crippen molar-refractivity contribution < 1.29 is 14.3 Å². The van der Waals surface area contributed by atoms with Crippen molar-refractivity contribution in [2.24, 2.45) is 0 Å². The summed E-state index contributed by atoms with van der Waals surface area (Å²) in [5.41, 5.74) is 2.19. The van der Waals surface area contributed by atoms with E-state index in [-0.39, 0.29) is 5.82 Å². The zero-order valence-corrected chi connectivity index (χ0v) is 21.6. The molecule has 0 atom stereocenters. The highest BCUT2D eigenvalue weighted by Gasteiger charge is 2.19. The first-order valence-corrected chi connectivity index (χ1v) is 12.5. The summed E-state index contributed by atoms with van der Waals surface area (Å²) in [6.07, 6.45) is 0. The molecule has 0 bridgehead atoms. The minimum absolute atomic E-state index is 0.0522. The Kier molecular flexibility index (Phi) is 7.28. The van der Waals surface area contributed by atoms with E-state index in [1.807, 2.05) is 85.8 Å². The standard InChI is InChI=1S/C29H23BrN4O3/c1-2-36-24-18-14-23(15-19-24)34-28(20-8-10-21(30)11-9-20)32-27(33-34)29(35)31-22-12-16-26(17-13-22)37-25-6-4-3-5-7-25/h3-19H,2H2,1H3,(H,31,35). The summed E-state index contributed by atoms with van der Waals surface area (Å²) >= 11 is 3.46. The third-order valence-corrected chi connectivity index (χ3v) is 5.92. The van der Waals surface area contributed by atoms with Crippen molar-refractivity contribution in [1.82, 2.24) is 14.8 Å². The summed E-state index contributed by atoms with van der Waals surface area (Å²) in [5, 5.41) is 7.41. The van der Waals surface area contributed by atoms with Gasteiger partial charge < -0.3 is 14.8 Å². The van der Waals surface area contributed by atoms with Crippen molar-refractivity contribution in [1.29, 1.82) is 0 Å². The van der Waals surface area contributed by atoms with Crippen LogP contribution in [0.25, 0.3) is 17.1 Å². The molecule has 0 aliphatic rings. The summed E-state index contributed by atoms with van der Waals surface area (Å²) < 4.78 is 14.0. The minimum atomic E-state index is -0.417. The van der Waals surface area contributed by atoms with Crippen molar-refractivity contribution in [3.05, 3.63) is 113 Å². The van der Waals surface area contributed by atoms with Crippen LogP contribution in [0.15, 0.2) is 108 Å². The zero-order valence-electron chi connectivity index (χ0n) is 20.0. The van der Waals surface area contributed by atoms with Gasteiger partial charge in [-0.25, -0.2) is 9.67 Å². The van der Waals surface area contributed by atoms with Crippen LogP contribution in [0.5, 0.6) is 17.2 Å². The van der Waals surface area contributed by atoms with E-state index >= 15 is 0 Å². The Morgan fingerprint density at radius 2 is 1.49 bits per heavy atom. The molecule has 1 amide bonds. The van der Waals surface area contributed by atoms with Crippen LogP contribution in [0.1, 0.15) is 17.5 Å². The van der Waals surface area contributed by atoms with Crippen molar-refractivity contribution in [3.63, 3.8) is 0 Å². The molecule has 8 heteroatoms. The van der Waals surface area contributed by atoms with Crippen LogP contribution in [0.4, 0.5) is 5.69 Å². The van der Waals surface area contributed by atoms with Gasteiger partial charge in [0.25, 0.3) is 5.91 Å². The molecule has 0 saturated carbocycles. The van der Waals surface area contributed by atoms with E-state index in [1.54, 1.807) is 28.9 Å². The van der Waals surface area contributed by atoms with Crippen LogP contribution in [0.2, 0.25) is 0 Å². The lowest BCUT2D eigenvalue weighted by molar-refractivity contribution is 0.101. The first kappa shape index (κ1) is 24.3. The number of nitrogens with one attached hydrogen (secondary N) is 1. The number of halogens is 1. The first-order chi connectivity index (χ1) is 18.1. The fourth-order valence-electron chi connectivity index (χ4n) is 3.64. The molecule has 7 nitrogen and oxygen atoms in total. The van der Waals surface area contributed by atoms with Crippen LogP contribution in [0.3, 0.4) is 0 Å². The van der Waals surface area contributed by atoms with Crippen molar-refractivity contribution in [3.8, 4) is 34.3 Å². The molecule has 0 radical (unpaired) electrons. The van der Waals surface area contributed by atoms with Crippen LogP contribution in [-0.4, -0.2) is 27.3 Å². The highest BCUT2D eigenvalue weighted by atomic mass is 79.9. The lowest BCUT2D eigenvalue weighted by atomic mass is 10.2. The van der Waals surface area contributed by atoms with E-state index < -0.39 is 5.91 Å². The molecule has 5 aromatic rings. The number of rotatable bonds is 8. The fourth-order valence-corrected chi connectivity index (χ4v) is 3.91. The average molecular weight is 555 g/mol. The van der Waals surface area contributed by atoms with E-state index in [4.69, 9.17) is 9.47 Å². The van der Waals surface area contributed by atoms with Gasteiger partial charge in [0, 0.05) is 15.7 Å². The third-order valence-electron chi connectivity index (χ3n) is 5.40. The van der Waals surface area contributed by atoms with Gasteiger partial charge in [-0.1, -0.05) is 46.3 Å². The number of hydrogen-bond donors (Lipinski definition) is 1. The third kappa shape index (κ3) is 5.87. The van der Waals surface area contributed by atoms with Gasteiger partial charge in [0.15, 0.2) is 5.82 Å². The number of anilines is 1. The summed E-state index contributed by atoms with van der Waals surface area (Å²) in [5.74, 6) is 2.35. The normalized spacial score (nSPS) is 10.6. The van der Waals surface area contributed by atoms with E-state index in [0.717, 1.165) is 27.2 Å². The number of carbonyl (C=O) groups is 1.